The van der Waals surface area contributed by atoms with E-state index < -0.39 is 6.10 Å². The molecule has 0 rings (SSSR count). The van der Waals surface area contributed by atoms with Gasteiger partial charge in [0.15, 0.2) is 6.10 Å². The molecule has 1 unspecified atom stereocenters. The topological polar surface area (TPSA) is 78.9 Å². The number of esters is 3. The molecular formula is C75H126O6. The Morgan fingerprint density at radius 2 is 0.481 bits per heavy atom. The number of unbranched alkanes of at least 4 members (excludes halogenated alkanes) is 30. The normalized spacial score (nSPS) is 12.9. The van der Waals surface area contributed by atoms with E-state index in [0.717, 1.165) is 135 Å². The van der Waals surface area contributed by atoms with Gasteiger partial charge in [-0.2, -0.15) is 0 Å². The van der Waals surface area contributed by atoms with Crippen LogP contribution in [0.1, 0.15) is 316 Å². The smallest absolute Gasteiger partial charge is 0.306 e. The molecule has 0 aromatic rings. The van der Waals surface area contributed by atoms with Gasteiger partial charge in [0.1, 0.15) is 13.2 Å². The first kappa shape index (κ1) is 76.8. The van der Waals surface area contributed by atoms with Gasteiger partial charge in [0.05, 0.1) is 0 Å². The summed E-state index contributed by atoms with van der Waals surface area (Å²) in [6.07, 6.45) is 94.9. The van der Waals surface area contributed by atoms with Gasteiger partial charge in [-0.1, -0.05) is 303 Å². The molecule has 0 fully saturated rings. The lowest BCUT2D eigenvalue weighted by Gasteiger charge is -2.18. The summed E-state index contributed by atoms with van der Waals surface area (Å²) in [5.41, 5.74) is 0. The standard InChI is InChI=1S/C75H126O6/c1-4-7-10-13-16-19-22-25-27-29-31-32-33-34-35-36-37-38-39-40-41-42-44-45-47-50-53-56-59-62-65-68-74(77)80-71-72(70-79-73(76)67-64-61-58-55-52-49-24-21-18-15-12-9-6-3)81-75(78)69-66-63-60-57-54-51-48-46-43-30-28-26-23-20-17-14-11-8-5-2/h7,10,16-17,19-20,25-28,31-32,34-35,37-38,40-41,43,46,72H,4-6,8-9,11-15,18,21-24,29-30,33,36,39,42,44-45,47-71H2,1-3H3/b10-7-,19-16-,20-17-,27-25-,28-26-,32-31-,35-34-,38-37-,41-40-,46-43-. The van der Waals surface area contributed by atoms with E-state index in [0.29, 0.717) is 19.3 Å². The Labute approximate surface area is 501 Å². The maximum atomic E-state index is 12.9. The van der Waals surface area contributed by atoms with E-state index in [9.17, 15) is 14.4 Å². The van der Waals surface area contributed by atoms with E-state index in [4.69, 9.17) is 14.2 Å². The predicted octanol–water partition coefficient (Wildman–Crippen LogP) is 23.6. The van der Waals surface area contributed by atoms with Gasteiger partial charge in [-0.15, -0.1) is 0 Å². The summed E-state index contributed by atoms with van der Waals surface area (Å²) in [5.74, 6) is -0.894. The predicted molar refractivity (Wildman–Crippen MR) is 353 cm³/mol. The second-order valence-corrected chi connectivity index (χ2v) is 22.4. The van der Waals surface area contributed by atoms with Gasteiger partial charge in [-0.25, -0.2) is 0 Å². The minimum Gasteiger partial charge on any atom is -0.462 e. The van der Waals surface area contributed by atoms with E-state index in [2.05, 4.69) is 142 Å². The Morgan fingerprint density at radius 1 is 0.259 bits per heavy atom. The van der Waals surface area contributed by atoms with E-state index >= 15 is 0 Å². The summed E-state index contributed by atoms with van der Waals surface area (Å²) < 4.78 is 16.9. The van der Waals surface area contributed by atoms with E-state index in [1.165, 1.54) is 141 Å². The molecule has 0 bridgehead atoms. The first-order valence-electron chi connectivity index (χ1n) is 34.0. The molecule has 0 saturated carbocycles. The molecular weight excluding hydrogens is 997 g/mol. The number of rotatable bonds is 61. The monoisotopic (exact) mass is 1120 g/mol. The molecule has 0 N–H and O–H groups in total. The van der Waals surface area contributed by atoms with Crippen LogP contribution in [0.5, 0.6) is 0 Å². The largest absolute Gasteiger partial charge is 0.462 e. The minimum atomic E-state index is -0.790. The summed E-state index contributed by atoms with van der Waals surface area (Å²) in [4.78, 5) is 38.4. The number of ether oxygens (including phenoxy) is 3. The van der Waals surface area contributed by atoms with Crippen LogP contribution in [0.4, 0.5) is 0 Å². The van der Waals surface area contributed by atoms with Crippen LogP contribution in [0.15, 0.2) is 122 Å². The molecule has 0 aromatic heterocycles. The highest BCUT2D eigenvalue weighted by Gasteiger charge is 2.19. The first-order valence-corrected chi connectivity index (χ1v) is 34.0. The first-order chi connectivity index (χ1) is 40.0. The summed E-state index contributed by atoms with van der Waals surface area (Å²) in [6.45, 7) is 6.51. The lowest BCUT2D eigenvalue weighted by atomic mass is 10.0. The molecule has 462 valence electrons. The van der Waals surface area contributed by atoms with Crippen molar-refractivity contribution in [2.75, 3.05) is 13.2 Å². The fourth-order valence-corrected chi connectivity index (χ4v) is 9.37. The summed E-state index contributed by atoms with van der Waals surface area (Å²) in [5, 5.41) is 0. The highest BCUT2D eigenvalue weighted by atomic mass is 16.6. The Kier molecular flexibility index (Phi) is 64.8. The zero-order valence-electron chi connectivity index (χ0n) is 53.0. The summed E-state index contributed by atoms with van der Waals surface area (Å²) in [7, 11) is 0. The van der Waals surface area contributed by atoms with Gasteiger partial charge < -0.3 is 14.2 Å². The molecule has 0 aliphatic carbocycles. The molecule has 1 atom stereocenters. The third-order valence-electron chi connectivity index (χ3n) is 14.5. The van der Waals surface area contributed by atoms with Crippen LogP contribution in [0.3, 0.4) is 0 Å². The Bertz CT molecular complexity index is 1670. The second kappa shape index (κ2) is 68.3. The summed E-state index contributed by atoms with van der Waals surface area (Å²) in [6, 6.07) is 0. The molecule has 0 radical (unpaired) electrons. The van der Waals surface area contributed by atoms with Gasteiger partial charge in [0, 0.05) is 19.3 Å². The molecule has 6 heteroatoms. The van der Waals surface area contributed by atoms with E-state index in [1.807, 2.05) is 0 Å². The van der Waals surface area contributed by atoms with Gasteiger partial charge >= 0.3 is 17.9 Å². The highest BCUT2D eigenvalue weighted by molar-refractivity contribution is 5.71. The van der Waals surface area contributed by atoms with Crippen molar-refractivity contribution in [2.24, 2.45) is 0 Å². The molecule has 81 heavy (non-hydrogen) atoms. The van der Waals surface area contributed by atoms with Crippen LogP contribution in [0.25, 0.3) is 0 Å². The number of hydrogen-bond acceptors (Lipinski definition) is 6. The highest BCUT2D eigenvalue weighted by Crippen LogP contribution is 2.16. The average molecular weight is 1120 g/mol. The average Bonchev–Trinajstić information content (AvgIpc) is 3.46. The van der Waals surface area contributed by atoms with Crippen LogP contribution < -0.4 is 0 Å². The van der Waals surface area contributed by atoms with Crippen LogP contribution in [0, 0.1) is 0 Å². The van der Waals surface area contributed by atoms with Crippen LogP contribution in [0.2, 0.25) is 0 Å². The molecule has 0 spiro atoms. The van der Waals surface area contributed by atoms with E-state index in [-0.39, 0.29) is 31.1 Å². The lowest BCUT2D eigenvalue weighted by Crippen LogP contribution is -2.30. The number of carbonyl (C=O) groups is 3. The quantitative estimate of drug-likeness (QED) is 0.0261. The molecule has 6 nitrogen and oxygen atoms in total. The van der Waals surface area contributed by atoms with Crippen LogP contribution in [-0.2, 0) is 28.6 Å². The molecule has 0 aliphatic rings. The third kappa shape index (κ3) is 66.5. The second-order valence-electron chi connectivity index (χ2n) is 22.4. The Balaban J connectivity index is 4.31. The van der Waals surface area contributed by atoms with Crippen molar-refractivity contribution in [2.45, 2.75) is 322 Å². The van der Waals surface area contributed by atoms with Crippen molar-refractivity contribution >= 4 is 17.9 Å². The van der Waals surface area contributed by atoms with Gasteiger partial charge in [0.25, 0.3) is 0 Å². The van der Waals surface area contributed by atoms with Crippen LogP contribution in [-0.4, -0.2) is 37.2 Å². The van der Waals surface area contributed by atoms with Crippen molar-refractivity contribution < 1.29 is 28.6 Å². The Hall–Kier alpha value is -4.19. The zero-order chi connectivity index (χ0) is 58.5. The Morgan fingerprint density at radius 3 is 0.778 bits per heavy atom. The van der Waals surface area contributed by atoms with Crippen molar-refractivity contribution in [3.05, 3.63) is 122 Å². The van der Waals surface area contributed by atoms with Crippen LogP contribution >= 0.6 is 0 Å². The van der Waals surface area contributed by atoms with Crippen molar-refractivity contribution in [3.63, 3.8) is 0 Å². The fraction of sp³-hybridized carbons (Fsp3) is 0.693. The summed E-state index contributed by atoms with van der Waals surface area (Å²) >= 11 is 0. The molecule has 0 saturated heterocycles. The van der Waals surface area contributed by atoms with Crippen molar-refractivity contribution in [1.29, 1.82) is 0 Å². The third-order valence-corrected chi connectivity index (χ3v) is 14.5. The molecule has 0 aromatic carbocycles. The van der Waals surface area contributed by atoms with Gasteiger partial charge in [0.2, 0.25) is 0 Å². The SMILES string of the molecule is CC/C=C\C/C=C\C/C=C\C/C=C\C/C=C\C/C=C\C/C=C\CCCCCCCCCCCC(=O)OCC(COC(=O)CCCCCCCCCCCCCCC)OC(=O)CCCCCCCC/C=C\C/C=C\C/C=C\CCCCC. The minimum absolute atomic E-state index is 0.0840. The molecule has 0 aliphatic heterocycles. The van der Waals surface area contributed by atoms with Crippen molar-refractivity contribution in [1.82, 2.24) is 0 Å². The maximum absolute atomic E-state index is 12.9. The number of allylic oxidation sites excluding steroid dienone is 20. The van der Waals surface area contributed by atoms with Crippen molar-refractivity contribution in [3.8, 4) is 0 Å². The lowest BCUT2D eigenvalue weighted by molar-refractivity contribution is -0.167. The molecule has 0 heterocycles. The van der Waals surface area contributed by atoms with Gasteiger partial charge in [-0.05, 0) is 116 Å². The molecule has 0 amide bonds. The fourth-order valence-electron chi connectivity index (χ4n) is 9.37. The maximum Gasteiger partial charge on any atom is 0.306 e. The number of carbonyl (C=O) groups excluding carboxylic acids is 3. The number of hydrogen-bond donors (Lipinski definition) is 0. The van der Waals surface area contributed by atoms with Gasteiger partial charge in [-0.3, -0.25) is 14.4 Å². The zero-order valence-corrected chi connectivity index (χ0v) is 53.0. The van der Waals surface area contributed by atoms with E-state index in [1.54, 1.807) is 0 Å².